The van der Waals surface area contributed by atoms with Crippen molar-refractivity contribution in [3.63, 3.8) is 0 Å². The predicted octanol–water partition coefficient (Wildman–Crippen LogP) is 2.10. The Hall–Kier alpha value is -2.11. The van der Waals surface area contributed by atoms with Crippen LogP contribution >= 0.6 is 0 Å². The molecule has 2 aromatic rings. The Morgan fingerprint density at radius 1 is 0.952 bits per heavy atom. The van der Waals surface area contributed by atoms with Gasteiger partial charge < -0.3 is 20.3 Å². The second kappa shape index (κ2) is 7.61. The van der Waals surface area contributed by atoms with E-state index in [1.54, 1.807) is 18.2 Å². The Bertz CT molecular complexity index is 577. The highest BCUT2D eigenvalue weighted by molar-refractivity contribution is 5.33. The molecule has 0 saturated carbocycles. The number of ether oxygens (including phenoxy) is 2. The molecular formula is C16H18FNO3. The molecule has 0 spiro atoms. The Balaban J connectivity index is 1.82. The number of para-hydroxylation sites is 2. The summed E-state index contributed by atoms with van der Waals surface area (Å²) in [4.78, 5) is 0. The molecule has 2 rings (SSSR count). The number of aliphatic hydroxyl groups excluding tert-OH is 1. The molecule has 21 heavy (non-hydrogen) atoms. The van der Waals surface area contributed by atoms with E-state index in [0.29, 0.717) is 12.3 Å². The van der Waals surface area contributed by atoms with E-state index in [2.05, 4.69) is 0 Å². The second-order valence-electron chi connectivity index (χ2n) is 4.52. The van der Waals surface area contributed by atoms with Gasteiger partial charge >= 0.3 is 0 Å². The molecule has 0 radical (unpaired) electrons. The third kappa shape index (κ3) is 4.44. The van der Waals surface area contributed by atoms with Gasteiger partial charge in [-0.05, 0) is 18.2 Å². The highest BCUT2D eigenvalue weighted by atomic mass is 19.1. The van der Waals surface area contributed by atoms with Crippen molar-refractivity contribution in [3.8, 4) is 11.5 Å². The highest BCUT2D eigenvalue weighted by Crippen LogP contribution is 2.18. The van der Waals surface area contributed by atoms with E-state index in [4.69, 9.17) is 15.2 Å². The molecule has 0 aromatic heterocycles. The quantitative estimate of drug-likeness (QED) is 0.820. The van der Waals surface area contributed by atoms with E-state index in [-0.39, 0.29) is 19.0 Å². The lowest BCUT2D eigenvalue weighted by molar-refractivity contribution is 0.0609. The first-order valence-corrected chi connectivity index (χ1v) is 6.67. The van der Waals surface area contributed by atoms with Gasteiger partial charge in [-0.3, -0.25) is 0 Å². The largest absolute Gasteiger partial charge is 0.490 e. The number of benzene rings is 2. The molecule has 0 saturated heterocycles. The number of halogens is 1. The van der Waals surface area contributed by atoms with Gasteiger partial charge in [0.15, 0.2) is 11.6 Å². The molecule has 1 atom stereocenters. The van der Waals surface area contributed by atoms with Gasteiger partial charge in [-0.2, -0.15) is 0 Å². The predicted molar refractivity (Wildman–Crippen MR) is 77.7 cm³/mol. The van der Waals surface area contributed by atoms with E-state index in [9.17, 15) is 9.50 Å². The minimum absolute atomic E-state index is 0.0471. The molecule has 0 aliphatic heterocycles. The summed E-state index contributed by atoms with van der Waals surface area (Å²) in [6, 6.07) is 13.4. The topological polar surface area (TPSA) is 64.7 Å². The third-order valence-corrected chi connectivity index (χ3v) is 2.89. The number of hydrogen-bond donors (Lipinski definition) is 2. The molecular weight excluding hydrogens is 273 g/mol. The van der Waals surface area contributed by atoms with Crippen molar-refractivity contribution in [1.82, 2.24) is 0 Å². The van der Waals surface area contributed by atoms with Crippen LogP contribution in [-0.2, 0) is 6.54 Å². The molecule has 0 aliphatic carbocycles. The fourth-order valence-corrected chi connectivity index (χ4v) is 1.80. The molecule has 0 aliphatic rings. The summed E-state index contributed by atoms with van der Waals surface area (Å²) in [5.74, 6) is 0.281. The van der Waals surface area contributed by atoms with E-state index in [1.165, 1.54) is 12.1 Å². The van der Waals surface area contributed by atoms with E-state index in [1.807, 2.05) is 18.2 Å². The van der Waals surface area contributed by atoms with Crippen molar-refractivity contribution in [2.45, 2.75) is 12.6 Å². The summed E-state index contributed by atoms with van der Waals surface area (Å²) in [5, 5.41) is 9.82. The normalized spacial score (nSPS) is 12.0. The van der Waals surface area contributed by atoms with Crippen molar-refractivity contribution < 1.29 is 19.0 Å². The van der Waals surface area contributed by atoms with Gasteiger partial charge in [-0.1, -0.05) is 30.3 Å². The van der Waals surface area contributed by atoms with Gasteiger partial charge in [0.2, 0.25) is 0 Å². The van der Waals surface area contributed by atoms with Crippen LogP contribution in [-0.4, -0.2) is 24.4 Å². The van der Waals surface area contributed by atoms with Gasteiger partial charge in [0, 0.05) is 12.1 Å². The van der Waals surface area contributed by atoms with Crippen LogP contribution in [0.1, 0.15) is 5.56 Å². The number of rotatable bonds is 7. The number of nitrogens with two attached hydrogens (primary N) is 1. The smallest absolute Gasteiger partial charge is 0.165 e. The average molecular weight is 291 g/mol. The number of hydrogen-bond acceptors (Lipinski definition) is 4. The van der Waals surface area contributed by atoms with Crippen molar-refractivity contribution in [2.24, 2.45) is 5.73 Å². The average Bonchev–Trinajstić information content (AvgIpc) is 2.52. The van der Waals surface area contributed by atoms with E-state index in [0.717, 1.165) is 5.56 Å². The van der Waals surface area contributed by atoms with Gasteiger partial charge in [0.05, 0.1) is 0 Å². The zero-order valence-corrected chi connectivity index (χ0v) is 11.5. The Morgan fingerprint density at radius 2 is 1.52 bits per heavy atom. The molecule has 0 fully saturated rings. The maximum absolute atomic E-state index is 13.3. The van der Waals surface area contributed by atoms with Gasteiger partial charge in [0.25, 0.3) is 0 Å². The third-order valence-electron chi connectivity index (χ3n) is 2.89. The number of aliphatic hydroxyl groups is 1. The molecule has 4 nitrogen and oxygen atoms in total. The Labute approximate surface area is 122 Å². The van der Waals surface area contributed by atoms with Crippen LogP contribution in [0.3, 0.4) is 0 Å². The van der Waals surface area contributed by atoms with E-state index < -0.39 is 11.9 Å². The summed E-state index contributed by atoms with van der Waals surface area (Å²) in [7, 11) is 0. The lowest BCUT2D eigenvalue weighted by Crippen LogP contribution is -2.25. The first-order valence-electron chi connectivity index (χ1n) is 6.67. The molecule has 5 heteroatoms. The monoisotopic (exact) mass is 291 g/mol. The van der Waals surface area contributed by atoms with Crippen LogP contribution in [0, 0.1) is 5.82 Å². The molecule has 0 amide bonds. The molecule has 1 unspecified atom stereocenters. The molecule has 3 N–H and O–H groups in total. The minimum Gasteiger partial charge on any atom is -0.490 e. The van der Waals surface area contributed by atoms with Crippen LogP contribution in [0.25, 0.3) is 0 Å². The lowest BCUT2D eigenvalue weighted by Gasteiger charge is -2.15. The summed E-state index contributed by atoms with van der Waals surface area (Å²) in [5.41, 5.74) is 6.46. The second-order valence-corrected chi connectivity index (χ2v) is 4.52. The first-order chi connectivity index (χ1) is 10.2. The summed E-state index contributed by atoms with van der Waals surface area (Å²) >= 11 is 0. The summed E-state index contributed by atoms with van der Waals surface area (Å²) in [6.07, 6.45) is -0.865. The van der Waals surface area contributed by atoms with Crippen molar-refractivity contribution in [1.29, 1.82) is 0 Å². The fraction of sp³-hybridized carbons (Fsp3) is 0.250. The maximum Gasteiger partial charge on any atom is 0.165 e. The van der Waals surface area contributed by atoms with Crippen LogP contribution in [0.4, 0.5) is 4.39 Å². The van der Waals surface area contributed by atoms with Crippen molar-refractivity contribution in [3.05, 3.63) is 59.9 Å². The standard InChI is InChI=1S/C16H18FNO3/c17-14-6-2-4-8-16(14)21-11-13(19)10-20-15-7-3-1-5-12(15)9-18/h1-8,13,19H,9-11,18H2. The van der Waals surface area contributed by atoms with Crippen LogP contribution in [0.15, 0.2) is 48.5 Å². The zero-order valence-electron chi connectivity index (χ0n) is 11.5. The van der Waals surface area contributed by atoms with Crippen LogP contribution < -0.4 is 15.2 Å². The summed E-state index contributed by atoms with van der Waals surface area (Å²) in [6.45, 7) is 0.356. The Kier molecular flexibility index (Phi) is 5.54. The highest BCUT2D eigenvalue weighted by Gasteiger charge is 2.10. The molecule has 0 bridgehead atoms. The van der Waals surface area contributed by atoms with Crippen LogP contribution in [0.2, 0.25) is 0 Å². The summed E-state index contributed by atoms with van der Waals surface area (Å²) < 4.78 is 24.1. The molecule has 2 aromatic carbocycles. The molecule has 112 valence electrons. The van der Waals surface area contributed by atoms with Gasteiger partial charge in [-0.15, -0.1) is 0 Å². The first kappa shape index (κ1) is 15.3. The molecule has 0 heterocycles. The minimum atomic E-state index is -0.865. The van der Waals surface area contributed by atoms with Gasteiger partial charge in [0.1, 0.15) is 25.1 Å². The zero-order chi connectivity index (χ0) is 15.1. The maximum atomic E-state index is 13.3. The Morgan fingerprint density at radius 3 is 2.19 bits per heavy atom. The van der Waals surface area contributed by atoms with Gasteiger partial charge in [-0.25, -0.2) is 4.39 Å². The van der Waals surface area contributed by atoms with E-state index >= 15 is 0 Å². The van der Waals surface area contributed by atoms with Crippen molar-refractivity contribution in [2.75, 3.05) is 13.2 Å². The van der Waals surface area contributed by atoms with Crippen molar-refractivity contribution >= 4 is 0 Å². The van der Waals surface area contributed by atoms with Crippen LogP contribution in [0.5, 0.6) is 11.5 Å². The fourth-order valence-electron chi connectivity index (χ4n) is 1.80. The lowest BCUT2D eigenvalue weighted by atomic mass is 10.2. The SMILES string of the molecule is NCc1ccccc1OCC(O)COc1ccccc1F.